The molecule has 1 aromatic heterocycles. The summed E-state index contributed by atoms with van der Waals surface area (Å²) >= 11 is 0. The molecular formula is C13H15N3O2. The number of carbonyl (C=O) groups excluding carboxylic acids is 1. The predicted molar refractivity (Wildman–Crippen MR) is 68.7 cm³/mol. The average Bonchev–Trinajstić information content (AvgIpc) is 2.87. The lowest BCUT2D eigenvalue weighted by Gasteiger charge is -2.06. The topological polar surface area (TPSA) is 70.1 Å². The van der Waals surface area contributed by atoms with Crippen LogP contribution >= 0.6 is 0 Å². The normalized spacial score (nSPS) is 10.3. The minimum absolute atomic E-state index is 0.147. The number of carbonyl (C=O) groups is 1. The van der Waals surface area contributed by atoms with Crippen LogP contribution in [0.25, 0.3) is 0 Å². The molecule has 0 fully saturated rings. The first-order valence-electron chi connectivity index (χ1n) is 5.66. The van der Waals surface area contributed by atoms with Crippen molar-refractivity contribution < 1.29 is 9.53 Å². The largest absolute Gasteiger partial charge is 0.497 e. The Bertz CT molecular complexity index is 575. The lowest BCUT2D eigenvalue weighted by molar-refractivity contribution is 0.103. The number of anilines is 1. The van der Waals surface area contributed by atoms with E-state index in [0.717, 1.165) is 6.54 Å². The Morgan fingerprint density at radius 2 is 2.28 bits per heavy atom. The Labute approximate surface area is 105 Å². The van der Waals surface area contributed by atoms with E-state index in [9.17, 15) is 4.79 Å². The molecule has 1 aromatic carbocycles. The van der Waals surface area contributed by atoms with Crippen molar-refractivity contribution in [3.8, 4) is 5.75 Å². The van der Waals surface area contributed by atoms with Gasteiger partial charge in [-0.2, -0.15) is 5.10 Å². The maximum atomic E-state index is 12.3. The van der Waals surface area contributed by atoms with Gasteiger partial charge in [-0.25, -0.2) is 0 Å². The summed E-state index contributed by atoms with van der Waals surface area (Å²) in [5.41, 5.74) is 7.21. The van der Waals surface area contributed by atoms with E-state index < -0.39 is 0 Å². The molecule has 2 N–H and O–H groups in total. The average molecular weight is 245 g/mol. The van der Waals surface area contributed by atoms with Crippen LogP contribution in [0, 0.1) is 0 Å². The summed E-state index contributed by atoms with van der Waals surface area (Å²) in [6.07, 6.45) is 3.26. The fourth-order valence-corrected chi connectivity index (χ4v) is 1.67. The summed E-state index contributed by atoms with van der Waals surface area (Å²) in [4.78, 5) is 12.3. The number of benzene rings is 1. The van der Waals surface area contributed by atoms with Crippen molar-refractivity contribution in [1.29, 1.82) is 0 Å². The molecule has 5 nitrogen and oxygen atoms in total. The summed E-state index contributed by atoms with van der Waals surface area (Å²) in [5, 5.41) is 4.08. The van der Waals surface area contributed by atoms with Crippen LogP contribution in [0.15, 0.2) is 30.6 Å². The van der Waals surface area contributed by atoms with Gasteiger partial charge in [0.15, 0.2) is 5.78 Å². The molecule has 1 heterocycles. The summed E-state index contributed by atoms with van der Waals surface area (Å²) in [6.45, 7) is 2.68. The number of rotatable bonds is 4. The van der Waals surface area contributed by atoms with Gasteiger partial charge in [0.2, 0.25) is 0 Å². The number of ketones is 1. The smallest absolute Gasteiger partial charge is 0.198 e. The second kappa shape index (κ2) is 4.91. The van der Waals surface area contributed by atoms with E-state index in [-0.39, 0.29) is 5.78 Å². The highest BCUT2D eigenvalue weighted by Gasteiger charge is 2.15. The first-order valence-corrected chi connectivity index (χ1v) is 5.66. The van der Waals surface area contributed by atoms with E-state index in [4.69, 9.17) is 10.5 Å². The number of nitrogens with zero attached hydrogens (tertiary/aromatic N) is 2. The van der Waals surface area contributed by atoms with Gasteiger partial charge in [0.25, 0.3) is 0 Å². The van der Waals surface area contributed by atoms with Crippen LogP contribution in [0.1, 0.15) is 22.8 Å². The van der Waals surface area contributed by atoms with Gasteiger partial charge in [0.1, 0.15) is 5.75 Å². The van der Waals surface area contributed by atoms with Gasteiger partial charge in [0.05, 0.1) is 18.9 Å². The van der Waals surface area contributed by atoms with Crippen LogP contribution in [-0.4, -0.2) is 22.7 Å². The molecule has 0 spiro atoms. The molecule has 0 bridgehead atoms. The number of methoxy groups -OCH3 is 1. The minimum Gasteiger partial charge on any atom is -0.497 e. The molecule has 0 saturated heterocycles. The van der Waals surface area contributed by atoms with Crippen molar-refractivity contribution in [3.63, 3.8) is 0 Å². The highest BCUT2D eigenvalue weighted by Crippen LogP contribution is 2.22. The molecule has 2 rings (SSSR count). The van der Waals surface area contributed by atoms with Crippen molar-refractivity contribution in [1.82, 2.24) is 9.78 Å². The van der Waals surface area contributed by atoms with Gasteiger partial charge in [-0.3, -0.25) is 9.48 Å². The van der Waals surface area contributed by atoms with Gasteiger partial charge in [0, 0.05) is 24.0 Å². The summed E-state index contributed by atoms with van der Waals surface area (Å²) < 4.78 is 6.79. The molecule has 0 atom stereocenters. The van der Waals surface area contributed by atoms with E-state index in [1.54, 1.807) is 42.4 Å². The molecule has 18 heavy (non-hydrogen) atoms. The van der Waals surface area contributed by atoms with E-state index in [1.165, 1.54) is 0 Å². The van der Waals surface area contributed by atoms with E-state index >= 15 is 0 Å². The van der Waals surface area contributed by atoms with Crippen molar-refractivity contribution in [2.75, 3.05) is 12.8 Å². The number of nitrogen functional groups attached to an aromatic ring is 1. The number of ether oxygens (including phenoxy) is 1. The second-order valence-corrected chi connectivity index (χ2v) is 3.87. The van der Waals surface area contributed by atoms with Gasteiger partial charge >= 0.3 is 0 Å². The van der Waals surface area contributed by atoms with Crippen LogP contribution in [0.2, 0.25) is 0 Å². The van der Waals surface area contributed by atoms with Crippen molar-refractivity contribution in [3.05, 3.63) is 41.7 Å². The van der Waals surface area contributed by atoms with Gasteiger partial charge in [-0.15, -0.1) is 0 Å². The second-order valence-electron chi connectivity index (χ2n) is 3.87. The van der Waals surface area contributed by atoms with Crippen molar-refractivity contribution >= 4 is 11.5 Å². The number of aryl methyl sites for hydroxylation is 1. The number of aromatic nitrogens is 2. The third kappa shape index (κ3) is 2.20. The van der Waals surface area contributed by atoms with Gasteiger partial charge in [-0.05, 0) is 25.1 Å². The van der Waals surface area contributed by atoms with Crippen LogP contribution < -0.4 is 10.5 Å². The first-order chi connectivity index (χ1) is 8.65. The molecule has 94 valence electrons. The zero-order valence-corrected chi connectivity index (χ0v) is 10.4. The number of hydrogen-bond donors (Lipinski definition) is 1. The lowest BCUT2D eigenvalue weighted by atomic mass is 10.0. The van der Waals surface area contributed by atoms with Crippen molar-refractivity contribution in [2.24, 2.45) is 0 Å². The van der Waals surface area contributed by atoms with Crippen molar-refractivity contribution in [2.45, 2.75) is 13.5 Å². The molecule has 0 aliphatic heterocycles. The molecule has 0 radical (unpaired) electrons. The van der Waals surface area contributed by atoms with Crippen LogP contribution in [0.5, 0.6) is 5.75 Å². The summed E-state index contributed by atoms with van der Waals surface area (Å²) in [7, 11) is 1.55. The monoisotopic (exact) mass is 245 g/mol. The van der Waals surface area contributed by atoms with Gasteiger partial charge < -0.3 is 10.5 Å². The molecular weight excluding hydrogens is 230 g/mol. The zero-order valence-electron chi connectivity index (χ0n) is 10.4. The minimum atomic E-state index is -0.147. The Hall–Kier alpha value is -2.30. The Morgan fingerprint density at radius 3 is 2.89 bits per heavy atom. The molecule has 2 aromatic rings. The summed E-state index contributed by atoms with van der Waals surface area (Å²) in [5.74, 6) is 0.460. The number of nitrogens with two attached hydrogens (primary N) is 1. The maximum Gasteiger partial charge on any atom is 0.198 e. The SMILES string of the molecule is CCn1cc(C(=O)c2cc(OC)ccc2N)cn1. The highest BCUT2D eigenvalue weighted by molar-refractivity contribution is 6.12. The molecule has 0 aliphatic rings. The Balaban J connectivity index is 2.38. The molecule has 5 heteroatoms. The van der Waals surface area contributed by atoms with E-state index in [0.29, 0.717) is 22.6 Å². The molecule has 0 amide bonds. The fourth-order valence-electron chi connectivity index (χ4n) is 1.67. The van der Waals surface area contributed by atoms with Crippen LogP contribution in [0.3, 0.4) is 0 Å². The molecule has 0 saturated carbocycles. The fraction of sp³-hybridized carbons (Fsp3) is 0.231. The predicted octanol–water partition coefficient (Wildman–Crippen LogP) is 1.72. The standard InChI is InChI=1S/C13H15N3O2/c1-3-16-8-9(7-15-16)13(17)11-6-10(18-2)4-5-12(11)14/h4-8H,3,14H2,1-2H3. The molecule has 0 unspecified atom stereocenters. The third-order valence-electron chi connectivity index (χ3n) is 2.72. The highest BCUT2D eigenvalue weighted by atomic mass is 16.5. The lowest BCUT2D eigenvalue weighted by Crippen LogP contribution is -2.05. The van der Waals surface area contributed by atoms with Gasteiger partial charge in [-0.1, -0.05) is 0 Å². The quantitative estimate of drug-likeness (QED) is 0.657. The van der Waals surface area contributed by atoms with E-state index in [2.05, 4.69) is 5.10 Å². The third-order valence-corrected chi connectivity index (χ3v) is 2.72. The van der Waals surface area contributed by atoms with Crippen LogP contribution in [0.4, 0.5) is 5.69 Å². The Morgan fingerprint density at radius 1 is 1.50 bits per heavy atom. The van der Waals surface area contributed by atoms with Crippen LogP contribution in [-0.2, 0) is 6.54 Å². The summed E-state index contributed by atoms with van der Waals surface area (Å²) in [6, 6.07) is 5.03. The zero-order chi connectivity index (χ0) is 13.1. The first kappa shape index (κ1) is 12.2. The maximum absolute atomic E-state index is 12.3. The molecule has 0 aliphatic carbocycles. The van der Waals surface area contributed by atoms with E-state index in [1.807, 2.05) is 6.92 Å². The number of hydrogen-bond acceptors (Lipinski definition) is 4. The Kier molecular flexibility index (Phi) is 3.32.